The van der Waals surface area contributed by atoms with E-state index in [0.29, 0.717) is 55.1 Å². The van der Waals surface area contributed by atoms with E-state index in [4.69, 9.17) is 20.1 Å². The standard InChI is InChI=1S/C29H37F2N5O5/c1-19(20-5-7-21(8-6-20)28(37)41-14-13-40-4)15-27(35(2)32)34-29(38)33-26-18-36(11-12-39-3)17-23(26)22-9-10-24(30)25(31)16-22/h5-10,15-16,23,26H,1,11-14,17-18,32H2,2-4H3,(H2,33,34,38)/b27-15-/t23-,26+/m0/s1. The molecule has 2 aromatic carbocycles. The highest BCUT2D eigenvalue weighted by Gasteiger charge is 2.35. The summed E-state index contributed by atoms with van der Waals surface area (Å²) in [5, 5.41) is 6.92. The molecule has 10 nitrogen and oxygen atoms in total. The van der Waals surface area contributed by atoms with Crippen LogP contribution in [0.15, 0.2) is 60.9 Å². The number of nitrogens with two attached hydrogens (primary N) is 1. The van der Waals surface area contributed by atoms with E-state index in [2.05, 4.69) is 22.1 Å². The van der Waals surface area contributed by atoms with Gasteiger partial charge in [0.25, 0.3) is 0 Å². The van der Waals surface area contributed by atoms with Crippen molar-refractivity contribution in [2.45, 2.75) is 12.0 Å². The number of rotatable bonds is 13. The maximum atomic E-state index is 14.0. The molecular formula is C29H37F2N5O5. The third-order valence-electron chi connectivity index (χ3n) is 6.64. The van der Waals surface area contributed by atoms with Crippen molar-refractivity contribution in [2.75, 3.05) is 60.7 Å². The number of carbonyl (C=O) groups excluding carboxylic acids is 2. The molecule has 0 aliphatic carbocycles. The first-order valence-electron chi connectivity index (χ1n) is 13.0. The molecule has 4 N–H and O–H groups in total. The number of amides is 2. The van der Waals surface area contributed by atoms with Crippen LogP contribution < -0.4 is 16.5 Å². The van der Waals surface area contributed by atoms with Crippen molar-refractivity contribution in [3.63, 3.8) is 0 Å². The minimum absolute atomic E-state index is 0.153. The van der Waals surface area contributed by atoms with Gasteiger partial charge in [0.2, 0.25) is 0 Å². The lowest BCUT2D eigenvalue weighted by Gasteiger charge is -2.23. The molecule has 1 saturated heterocycles. The van der Waals surface area contributed by atoms with Crippen LogP contribution in [0.1, 0.15) is 27.4 Å². The predicted molar refractivity (Wildman–Crippen MR) is 151 cm³/mol. The maximum absolute atomic E-state index is 14.0. The molecule has 41 heavy (non-hydrogen) atoms. The summed E-state index contributed by atoms with van der Waals surface area (Å²) < 4.78 is 42.7. The third-order valence-corrected chi connectivity index (χ3v) is 6.64. The van der Waals surface area contributed by atoms with E-state index in [1.54, 1.807) is 44.5 Å². The number of benzene rings is 2. The Bertz CT molecular complexity index is 1240. The van der Waals surface area contributed by atoms with Crippen LogP contribution >= 0.6 is 0 Å². The SMILES string of the molecule is C=C(/C=C(/NC(=O)N[C@@H]1CN(CCOC)C[C@H]1c1ccc(F)c(F)c1)N(C)N)c1ccc(C(=O)OCCOC)cc1. The van der Waals surface area contributed by atoms with E-state index in [9.17, 15) is 18.4 Å². The minimum Gasteiger partial charge on any atom is -0.460 e. The zero-order valence-corrected chi connectivity index (χ0v) is 23.5. The van der Waals surface area contributed by atoms with E-state index < -0.39 is 23.6 Å². The lowest BCUT2D eigenvalue weighted by Crippen LogP contribution is -2.48. The van der Waals surface area contributed by atoms with Crippen LogP contribution in [0.5, 0.6) is 0 Å². The summed E-state index contributed by atoms with van der Waals surface area (Å²) in [4.78, 5) is 27.3. The first kappa shape index (κ1) is 31.7. The Kier molecular flexibility index (Phi) is 11.8. The Morgan fingerprint density at radius 1 is 1.05 bits per heavy atom. The maximum Gasteiger partial charge on any atom is 0.338 e. The summed E-state index contributed by atoms with van der Waals surface area (Å²) in [7, 11) is 4.68. The van der Waals surface area contributed by atoms with Gasteiger partial charge >= 0.3 is 12.0 Å². The molecule has 1 heterocycles. The molecule has 0 bridgehead atoms. The molecule has 3 rings (SSSR count). The number of methoxy groups -OCH3 is 2. The number of hydrogen-bond donors (Lipinski definition) is 3. The Morgan fingerprint density at radius 2 is 1.73 bits per heavy atom. The smallest absolute Gasteiger partial charge is 0.338 e. The van der Waals surface area contributed by atoms with E-state index in [1.165, 1.54) is 24.3 Å². The highest BCUT2D eigenvalue weighted by molar-refractivity contribution is 5.90. The highest BCUT2D eigenvalue weighted by Crippen LogP contribution is 2.29. The first-order valence-corrected chi connectivity index (χ1v) is 13.0. The highest BCUT2D eigenvalue weighted by atomic mass is 19.2. The Morgan fingerprint density at radius 3 is 2.37 bits per heavy atom. The second-order valence-electron chi connectivity index (χ2n) is 9.61. The number of carbonyl (C=O) groups is 2. The average molecular weight is 574 g/mol. The van der Waals surface area contributed by atoms with Gasteiger partial charge < -0.3 is 19.5 Å². The minimum atomic E-state index is -0.939. The van der Waals surface area contributed by atoms with Gasteiger partial charge in [-0.25, -0.2) is 24.2 Å². The van der Waals surface area contributed by atoms with Gasteiger partial charge in [-0.2, -0.15) is 0 Å². The molecule has 222 valence electrons. The van der Waals surface area contributed by atoms with Crippen LogP contribution in [0.2, 0.25) is 0 Å². The van der Waals surface area contributed by atoms with Gasteiger partial charge in [-0.3, -0.25) is 15.2 Å². The molecule has 1 aliphatic rings. The summed E-state index contributed by atoms with van der Waals surface area (Å²) in [6.45, 7) is 6.65. The van der Waals surface area contributed by atoms with Crippen molar-refractivity contribution >= 4 is 17.6 Å². The topological polar surface area (TPSA) is 118 Å². The van der Waals surface area contributed by atoms with Crippen LogP contribution in [-0.4, -0.2) is 88.7 Å². The van der Waals surface area contributed by atoms with Crippen molar-refractivity contribution in [3.8, 4) is 0 Å². The molecule has 2 aromatic rings. The van der Waals surface area contributed by atoms with Gasteiger partial charge in [-0.15, -0.1) is 0 Å². The van der Waals surface area contributed by atoms with Crippen LogP contribution in [0.3, 0.4) is 0 Å². The normalized spacial score (nSPS) is 17.3. The fraction of sp³-hybridized carbons (Fsp3) is 0.379. The fourth-order valence-electron chi connectivity index (χ4n) is 4.43. The van der Waals surface area contributed by atoms with Crippen molar-refractivity contribution < 1.29 is 32.6 Å². The molecule has 1 fully saturated rings. The molecule has 0 aromatic heterocycles. The number of likely N-dealkylation sites (tertiary alicyclic amines) is 1. The van der Waals surface area contributed by atoms with Crippen LogP contribution in [0.25, 0.3) is 5.57 Å². The fourth-order valence-corrected chi connectivity index (χ4v) is 4.43. The molecule has 2 atom stereocenters. The zero-order chi connectivity index (χ0) is 29.9. The molecule has 2 amide bonds. The predicted octanol–water partition coefficient (Wildman–Crippen LogP) is 2.84. The number of nitrogens with one attached hydrogen (secondary N) is 2. The number of hydrogen-bond acceptors (Lipinski definition) is 8. The Hall–Kier alpha value is -3.84. The summed E-state index contributed by atoms with van der Waals surface area (Å²) >= 11 is 0. The lowest BCUT2D eigenvalue weighted by atomic mass is 9.94. The molecule has 0 radical (unpaired) electrons. The number of urea groups is 1. The van der Waals surface area contributed by atoms with Gasteiger partial charge in [-0.05, 0) is 47.0 Å². The zero-order valence-electron chi connectivity index (χ0n) is 23.5. The van der Waals surface area contributed by atoms with Crippen molar-refractivity contribution in [3.05, 3.63) is 89.3 Å². The number of allylic oxidation sites excluding steroid dienone is 2. The molecule has 0 saturated carbocycles. The Balaban J connectivity index is 1.69. The van der Waals surface area contributed by atoms with Crippen molar-refractivity contribution in [2.24, 2.45) is 5.84 Å². The summed E-state index contributed by atoms with van der Waals surface area (Å²) in [5.41, 5.74) is 2.19. The van der Waals surface area contributed by atoms with E-state index in [0.717, 1.165) is 6.07 Å². The largest absolute Gasteiger partial charge is 0.460 e. The average Bonchev–Trinajstić information content (AvgIpc) is 3.35. The first-order chi connectivity index (χ1) is 19.6. The number of esters is 1. The number of nitrogens with zero attached hydrogens (tertiary/aromatic N) is 2. The van der Waals surface area contributed by atoms with E-state index in [-0.39, 0.29) is 24.4 Å². The quantitative estimate of drug-likeness (QED) is 0.110. The molecule has 1 aliphatic heterocycles. The second-order valence-corrected chi connectivity index (χ2v) is 9.61. The van der Waals surface area contributed by atoms with Gasteiger partial charge in [0, 0.05) is 46.8 Å². The van der Waals surface area contributed by atoms with Crippen LogP contribution in [0, 0.1) is 11.6 Å². The summed E-state index contributed by atoms with van der Waals surface area (Å²) in [6.07, 6.45) is 1.60. The van der Waals surface area contributed by atoms with Gasteiger partial charge in [-0.1, -0.05) is 24.8 Å². The molecular weight excluding hydrogens is 536 g/mol. The van der Waals surface area contributed by atoms with Gasteiger partial charge in [0.05, 0.1) is 24.8 Å². The number of ether oxygens (including phenoxy) is 3. The summed E-state index contributed by atoms with van der Waals surface area (Å²) in [5.74, 6) is 3.63. The van der Waals surface area contributed by atoms with E-state index in [1.807, 2.05) is 0 Å². The van der Waals surface area contributed by atoms with Crippen molar-refractivity contribution in [1.82, 2.24) is 20.5 Å². The molecule has 0 spiro atoms. The summed E-state index contributed by atoms with van der Waals surface area (Å²) in [6, 6.07) is 9.52. The van der Waals surface area contributed by atoms with Gasteiger partial charge in [0.1, 0.15) is 12.4 Å². The Labute approximate surface area is 238 Å². The monoisotopic (exact) mass is 573 g/mol. The lowest BCUT2D eigenvalue weighted by molar-refractivity contribution is 0.0388. The number of halogens is 2. The molecule has 12 heteroatoms. The van der Waals surface area contributed by atoms with Crippen LogP contribution in [0.4, 0.5) is 13.6 Å². The van der Waals surface area contributed by atoms with Gasteiger partial charge in [0.15, 0.2) is 11.6 Å². The third kappa shape index (κ3) is 9.08. The van der Waals surface area contributed by atoms with E-state index >= 15 is 0 Å². The van der Waals surface area contributed by atoms with Crippen LogP contribution in [-0.2, 0) is 14.2 Å². The number of hydrazine groups is 1. The van der Waals surface area contributed by atoms with Crippen molar-refractivity contribution in [1.29, 1.82) is 0 Å². The molecule has 0 unspecified atom stereocenters. The second kappa shape index (κ2) is 15.2.